The monoisotopic (exact) mass is 304 g/mol. The van der Waals surface area contributed by atoms with Gasteiger partial charge in [0.15, 0.2) is 0 Å². The molecule has 1 rings (SSSR count). The fourth-order valence-electron chi connectivity index (χ4n) is 0.533. The molecule has 74 valence electrons. The minimum atomic E-state index is -3.72. The summed E-state index contributed by atoms with van der Waals surface area (Å²) in [5, 5.41) is 0. The Morgan fingerprint density at radius 2 is 1.46 bits per heavy atom. The molecule has 1 aromatic carbocycles. The van der Waals surface area contributed by atoms with Crippen molar-refractivity contribution in [2.45, 2.75) is 6.92 Å². The molecule has 2 nitrogen and oxygen atoms in total. The number of rotatable bonds is 0. The van der Waals surface area contributed by atoms with E-state index in [9.17, 15) is 0 Å². The van der Waals surface area contributed by atoms with E-state index >= 15 is 0 Å². The molecule has 0 aliphatic rings. The van der Waals surface area contributed by atoms with Crippen molar-refractivity contribution in [2.75, 3.05) is 0 Å². The molecule has 0 bridgehead atoms. The first-order valence-corrected chi connectivity index (χ1v) is 7.08. The Kier molecular flexibility index (Phi) is 5.96. The molecule has 0 radical (unpaired) electrons. The van der Waals surface area contributed by atoms with Crippen LogP contribution in [0.4, 0.5) is 0 Å². The van der Waals surface area contributed by atoms with Gasteiger partial charge in [-0.3, -0.25) is 0 Å². The molecule has 6 heteroatoms. The van der Waals surface area contributed by atoms with Crippen LogP contribution in [0.3, 0.4) is 0 Å². The summed E-state index contributed by atoms with van der Waals surface area (Å²) in [6.07, 6.45) is 0. The molecule has 0 aromatic heterocycles. The van der Waals surface area contributed by atoms with Gasteiger partial charge in [-0.05, 0) is 19.1 Å². The molecular weight excluding hydrogens is 299 g/mol. The second kappa shape index (κ2) is 5.86. The molecule has 0 N–H and O–H groups in total. The number of halogens is 3. The van der Waals surface area contributed by atoms with Crippen LogP contribution in [0.15, 0.2) is 28.7 Å². The lowest BCUT2D eigenvalue weighted by atomic mass is 10.2. The van der Waals surface area contributed by atoms with Gasteiger partial charge in [0.25, 0.3) is 0 Å². The predicted molar refractivity (Wildman–Crippen MR) is 59.5 cm³/mol. The topological polar surface area (TPSA) is 34.1 Å². The number of hydrogen-bond donors (Lipinski definition) is 0. The van der Waals surface area contributed by atoms with E-state index < -0.39 is 8.26 Å². The van der Waals surface area contributed by atoms with E-state index in [1.54, 1.807) is 0 Å². The Bertz CT molecular complexity index is 318. The highest BCUT2D eigenvalue weighted by Gasteiger charge is 1.88. The molecule has 0 saturated heterocycles. The summed E-state index contributed by atoms with van der Waals surface area (Å²) in [6.45, 7) is 2.08. The van der Waals surface area contributed by atoms with Crippen LogP contribution in [-0.4, -0.2) is 8.42 Å². The van der Waals surface area contributed by atoms with Crippen molar-refractivity contribution in [3.63, 3.8) is 0 Å². The van der Waals surface area contributed by atoms with Crippen LogP contribution in [-0.2, 0) is 8.26 Å². The molecule has 0 atom stereocenters. The van der Waals surface area contributed by atoms with E-state index in [4.69, 9.17) is 8.42 Å². The van der Waals surface area contributed by atoms with Crippen molar-refractivity contribution in [3.8, 4) is 0 Å². The molecule has 1 aromatic rings. The fraction of sp³-hybridized carbons (Fsp3) is 0.143. The summed E-state index contributed by atoms with van der Waals surface area (Å²) in [5.41, 5.74) is 1.30. The van der Waals surface area contributed by atoms with Gasteiger partial charge in [0, 0.05) is 25.8 Å². The average Bonchev–Trinajstić information content (AvgIpc) is 1.92. The average molecular weight is 306 g/mol. The lowest BCUT2D eigenvalue weighted by molar-refractivity contribution is 0.621. The molecule has 0 spiro atoms. The summed E-state index contributed by atoms with van der Waals surface area (Å²) in [6, 6.07) is 8.22. The minimum Gasteiger partial charge on any atom is -0.195 e. The van der Waals surface area contributed by atoms with Gasteiger partial charge in [0.05, 0.1) is 0 Å². The molecule has 0 aliphatic carbocycles. The summed E-state index contributed by atoms with van der Waals surface area (Å²) < 4.78 is 19.5. The molecule has 0 saturated carbocycles. The first kappa shape index (κ1) is 13.2. The zero-order valence-electron chi connectivity index (χ0n) is 6.67. The van der Waals surface area contributed by atoms with Crippen LogP contribution in [0.5, 0.6) is 0 Å². The van der Waals surface area contributed by atoms with E-state index in [1.165, 1.54) is 5.56 Å². The lowest BCUT2D eigenvalue weighted by Crippen LogP contribution is -1.66. The standard InChI is InChI=1S/C7H7Br.Cl2O2S/c1-6-2-4-7(8)5-3-6;1-5(2,3)4/h2-5H,1H3;. The number of aryl methyl sites for hydroxylation is 1. The molecule has 0 aliphatic heterocycles. The third-order valence-electron chi connectivity index (χ3n) is 1.01. The maximum atomic E-state index is 9.16. The van der Waals surface area contributed by atoms with Crippen molar-refractivity contribution in [2.24, 2.45) is 0 Å². The van der Waals surface area contributed by atoms with Crippen molar-refractivity contribution in [1.29, 1.82) is 0 Å². The van der Waals surface area contributed by atoms with Crippen molar-refractivity contribution in [3.05, 3.63) is 34.3 Å². The Morgan fingerprint density at radius 3 is 1.69 bits per heavy atom. The first-order chi connectivity index (χ1) is 5.79. The van der Waals surface area contributed by atoms with E-state index in [2.05, 4.69) is 56.4 Å². The van der Waals surface area contributed by atoms with Crippen LogP contribution >= 0.6 is 37.3 Å². The second-order valence-corrected chi connectivity index (χ2v) is 6.76. The van der Waals surface area contributed by atoms with Crippen LogP contribution in [0.25, 0.3) is 0 Å². The van der Waals surface area contributed by atoms with Gasteiger partial charge in [0.1, 0.15) is 0 Å². The van der Waals surface area contributed by atoms with Gasteiger partial charge >= 0.3 is 8.26 Å². The largest absolute Gasteiger partial charge is 0.317 e. The summed E-state index contributed by atoms with van der Waals surface area (Å²) in [4.78, 5) is 0. The SMILES string of the molecule is Cc1ccc(Br)cc1.O=S(=O)(Cl)Cl. The predicted octanol–water partition coefficient (Wildman–Crippen LogP) is 3.47. The minimum absolute atomic E-state index is 1.14. The molecule has 13 heavy (non-hydrogen) atoms. The molecule has 0 amide bonds. The van der Waals surface area contributed by atoms with Gasteiger partial charge in [-0.25, -0.2) is 0 Å². The third kappa shape index (κ3) is 12.2. The van der Waals surface area contributed by atoms with E-state index in [0.29, 0.717) is 0 Å². The smallest absolute Gasteiger partial charge is 0.195 e. The Labute approximate surface area is 94.9 Å². The molecule has 0 fully saturated rings. The quantitative estimate of drug-likeness (QED) is 0.688. The van der Waals surface area contributed by atoms with E-state index in [1.807, 2.05) is 12.1 Å². The highest BCUT2D eigenvalue weighted by Crippen LogP contribution is 2.08. The molecule has 0 heterocycles. The number of hydrogen-bond acceptors (Lipinski definition) is 2. The maximum absolute atomic E-state index is 9.16. The van der Waals surface area contributed by atoms with Gasteiger partial charge in [-0.15, -0.1) is 0 Å². The summed E-state index contributed by atoms with van der Waals surface area (Å²) in [7, 11) is 4.81. The maximum Gasteiger partial charge on any atom is 0.317 e. The first-order valence-electron chi connectivity index (χ1n) is 3.15. The van der Waals surface area contributed by atoms with Crippen molar-refractivity contribution < 1.29 is 8.42 Å². The summed E-state index contributed by atoms with van der Waals surface area (Å²) >= 11 is 3.35. The third-order valence-corrected chi connectivity index (χ3v) is 1.54. The lowest BCUT2D eigenvalue weighted by Gasteiger charge is -1.88. The number of benzene rings is 1. The van der Waals surface area contributed by atoms with Gasteiger partial charge < -0.3 is 0 Å². The zero-order valence-corrected chi connectivity index (χ0v) is 10.6. The summed E-state index contributed by atoms with van der Waals surface area (Å²) in [5.74, 6) is 0. The van der Waals surface area contributed by atoms with E-state index in [0.717, 1.165) is 4.47 Å². The Hall–Kier alpha value is 0.230. The highest BCUT2D eigenvalue weighted by molar-refractivity contribution is 9.10. The van der Waals surface area contributed by atoms with Gasteiger partial charge in [-0.1, -0.05) is 33.6 Å². The van der Waals surface area contributed by atoms with Crippen LogP contribution in [0, 0.1) is 6.92 Å². The second-order valence-electron chi connectivity index (χ2n) is 2.17. The van der Waals surface area contributed by atoms with Crippen molar-refractivity contribution >= 4 is 45.6 Å². The van der Waals surface area contributed by atoms with Crippen LogP contribution in [0.1, 0.15) is 5.56 Å². The fourth-order valence-corrected chi connectivity index (χ4v) is 0.798. The molecular formula is C7H7BrCl2O2S. The Morgan fingerprint density at radius 1 is 1.15 bits per heavy atom. The van der Waals surface area contributed by atoms with Crippen molar-refractivity contribution in [1.82, 2.24) is 0 Å². The zero-order chi connectivity index (χ0) is 10.5. The van der Waals surface area contributed by atoms with Crippen LogP contribution < -0.4 is 0 Å². The molecule has 0 unspecified atom stereocenters. The van der Waals surface area contributed by atoms with Gasteiger partial charge in [-0.2, -0.15) is 8.42 Å². The highest BCUT2D eigenvalue weighted by atomic mass is 79.9. The normalized spacial score (nSPS) is 10.2. The van der Waals surface area contributed by atoms with Crippen LogP contribution in [0.2, 0.25) is 0 Å². The Balaban J connectivity index is 0.000000252. The van der Waals surface area contributed by atoms with Gasteiger partial charge in [0.2, 0.25) is 0 Å². The van der Waals surface area contributed by atoms with E-state index in [-0.39, 0.29) is 0 Å².